The van der Waals surface area contributed by atoms with Gasteiger partial charge in [0, 0.05) is 6.42 Å². The lowest BCUT2D eigenvalue weighted by Crippen LogP contribution is -2.46. The van der Waals surface area contributed by atoms with E-state index in [-0.39, 0.29) is 11.8 Å². The van der Waals surface area contributed by atoms with E-state index in [2.05, 4.69) is 15.0 Å². The molecule has 0 bridgehead atoms. The van der Waals surface area contributed by atoms with Crippen LogP contribution in [-0.4, -0.2) is 44.9 Å². The normalized spacial score (nSPS) is 22.6. The average molecular weight is 377 g/mol. The Balaban J connectivity index is 1.71. The molecule has 1 fully saturated rings. The summed E-state index contributed by atoms with van der Waals surface area (Å²) in [5.74, 6) is -0.545. The molecule has 1 aliphatic rings. The molecule has 3 heterocycles. The standard InChI is InChI=1S/C17H14ClFN4O3/c18-14-13-15(21-9-20-14)23(10-22-13)17(8-19)12(6-7-25-17)26-16(24)11-4-2-1-3-5-11/h1-5,9-10,12H,6-8H2/t12-,17+/m0/s1. The van der Waals surface area contributed by atoms with E-state index >= 15 is 0 Å². The lowest BCUT2D eigenvalue weighted by Gasteiger charge is -2.32. The van der Waals surface area contributed by atoms with E-state index in [0.717, 1.165) is 0 Å². The van der Waals surface area contributed by atoms with Crippen LogP contribution < -0.4 is 0 Å². The van der Waals surface area contributed by atoms with Crippen molar-refractivity contribution in [1.82, 2.24) is 19.5 Å². The number of hydrogen-bond acceptors (Lipinski definition) is 6. The van der Waals surface area contributed by atoms with Crippen molar-refractivity contribution in [2.24, 2.45) is 0 Å². The predicted octanol–water partition coefficient (Wildman–Crippen LogP) is 2.75. The van der Waals surface area contributed by atoms with Crippen molar-refractivity contribution < 1.29 is 18.7 Å². The summed E-state index contributed by atoms with van der Waals surface area (Å²) in [5, 5.41) is 0.151. The zero-order valence-electron chi connectivity index (χ0n) is 13.5. The Morgan fingerprint density at radius 3 is 2.92 bits per heavy atom. The number of hydrogen-bond donors (Lipinski definition) is 0. The highest BCUT2D eigenvalue weighted by atomic mass is 35.5. The summed E-state index contributed by atoms with van der Waals surface area (Å²) in [4.78, 5) is 24.6. The molecule has 9 heteroatoms. The molecule has 2 aromatic heterocycles. The van der Waals surface area contributed by atoms with Crippen LogP contribution in [-0.2, 0) is 15.2 Å². The summed E-state index contributed by atoms with van der Waals surface area (Å²) >= 11 is 6.02. The van der Waals surface area contributed by atoms with Crippen molar-refractivity contribution in [1.29, 1.82) is 0 Å². The van der Waals surface area contributed by atoms with Gasteiger partial charge in [0.25, 0.3) is 0 Å². The molecule has 0 unspecified atom stereocenters. The Morgan fingerprint density at radius 2 is 2.15 bits per heavy atom. The van der Waals surface area contributed by atoms with Crippen LogP contribution in [0.1, 0.15) is 16.8 Å². The summed E-state index contributed by atoms with van der Waals surface area (Å²) in [6, 6.07) is 8.52. The molecule has 7 nitrogen and oxygen atoms in total. The van der Waals surface area contributed by atoms with Gasteiger partial charge in [-0.2, -0.15) is 0 Å². The highest BCUT2D eigenvalue weighted by Gasteiger charge is 2.50. The number of nitrogens with zero attached hydrogens (tertiary/aromatic N) is 4. The van der Waals surface area contributed by atoms with Crippen LogP contribution in [0.3, 0.4) is 0 Å². The smallest absolute Gasteiger partial charge is 0.338 e. The van der Waals surface area contributed by atoms with E-state index in [9.17, 15) is 9.18 Å². The van der Waals surface area contributed by atoms with Crippen LogP contribution in [0.15, 0.2) is 43.0 Å². The zero-order valence-corrected chi connectivity index (χ0v) is 14.3. The van der Waals surface area contributed by atoms with Crippen LogP contribution >= 0.6 is 11.6 Å². The lowest BCUT2D eigenvalue weighted by molar-refractivity contribution is -0.133. The molecule has 0 N–H and O–H groups in total. The van der Waals surface area contributed by atoms with Crippen LogP contribution in [0.25, 0.3) is 11.2 Å². The minimum Gasteiger partial charge on any atom is -0.453 e. The molecular weight excluding hydrogens is 363 g/mol. The Bertz CT molecular complexity index is 952. The maximum atomic E-state index is 14.2. The number of halogens is 2. The van der Waals surface area contributed by atoms with Gasteiger partial charge in [0.2, 0.25) is 5.72 Å². The molecule has 1 saturated heterocycles. The van der Waals surface area contributed by atoms with Gasteiger partial charge in [-0.3, -0.25) is 4.57 Å². The molecule has 0 saturated carbocycles. The Morgan fingerprint density at radius 1 is 1.35 bits per heavy atom. The maximum absolute atomic E-state index is 14.2. The zero-order chi connectivity index (χ0) is 18.1. The van der Waals surface area contributed by atoms with Gasteiger partial charge in [0.1, 0.15) is 18.5 Å². The molecule has 26 heavy (non-hydrogen) atoms. The molecule has 0 amide bonds. The highest BCUT2D eigenvalue weighted by Crippen LogP contribution is 2.37. The SMILES string of the molecule is O=C(O[C@H]1CCO[C@@]1(CF)n1cnc2c(Cl)ncnc21)c1ccccc1. The third-order valence-corrected chi connectivity index (χ3v) is 4.66. The minimum absolute atomic E-state index is 0.151. The van der Waals surface area contributed by atoms with E-state index in [4.69, 9.17) is 21.1 Å². The van der Waals surface area contributed by atoms with Gasteiger partial charge < -0.3 is 9.47 Å². The summed E-state index contributed by atoms with van der Waals surface area (Å²) in [7, 11) is 0. The first-order valence-corrected chi connectivity index (χ1v) is 8.33. The van der Waals surface area contributed by atoms with E-state index < -0.39 is 24.5 Å². The topological polar surface area (TPSA) is 79.1 Å². The largest absolute Gasteiger partial charge is 0.453 e. The monoisotopic (exact) mass is 376 g/mol. The fourth-order valence-electron chi connectivity index (χ4n) is 3.08. The predicted molar refractivity (Wildman–Crippen MR) is 90.5 cm³/mol. The van der Waals surface area contributed by atoms with Crippen molar-refractivity contribution in [3.05, 3.63) is 53.7 Å². The van der Waals surface area contributed by atoms with E-state index in [1.807, 2.05) is 0 Å². The number of imidazole rings is 1. The summed E-state index contributed by atoms with van der Waals surface area (Å²) in [6.07, 6.45) is 2.14. The quantitative estimate of drug-likeness (QED) is 0.514. The number of ether oxygens (including phenoxy) is 2. The number of rotatable bonds is 4. The summed E-state index contributed by atoms with van der Waals surface area (Å²) < 4.78 is 26.9. The first-order chi connectivity index (χ1) is 12.7. The molecule has 2 atom stereocenters. The Kier molecular flexibility index (Phi) is 4.29. The van der Waals surface area contributed by atoms with Gasteiger partial charge in [0.05, 0.1) is 18.5 Å². The Hall–Kier alpha value is -2.58. The molecule has 134 valence electrons. The van der Waals surface area contributed by atoms with Crippen LogP contribution in [0.2, 0.25) is 5.15 Å². The maximum Gasteiger partial charge on any atom is 0.338 e. The summed E-state index contributed by atoms with van der Waals surface area (Å²) in [5.41, 5.74) is -0.527. The van der Waals surface area contributed by atoms with Gasteiger partial charge in [-0.05, 0) is 12.1 Å². The van der Waals surface area contributed by atoms with Crippen molar-refractivity contribution in [3.8, 4) is 0 Å². The number of carbonyl (C=O) groups excluding carboxylic acids is 1. The molecule has 1 aliphatic heterocycles. The molecule has 3 aromatic rings. The van der Waals surface area contributed by atoms with Crippen LogP contribution in [0.5, 0.6) is 0 Å². The second-order valence-corrected chi connectivity index (χ2v) is 6.18. The molecule has 4 rings (SSSR count). The number of carbonyl (C=O) groups is 1. The van der Waals surface area contributed by atoms with Crippen LogP contribution in [0, 0.1) is 0 Å². The number of benzene rings is 1. The fraction of sp³-hybridized carbons (Fsp3) is 0.294. The second kappa shape index (κ2) is 6.62. The first kappa shape index (κ1) is 16.9. The second-order valence-electron chi connectivity index (χ2n) is 5.83. The van der Waals surface area contributed by atoms with Crippen molar-refractivity contribution in [2.75, 3.05) is 13.3 Å². The van der Waals surface area contributed by atoms with E-state index in [1.165, 1.54) is 17.2 Å². The third-order valence-electron chi connectivity index (χ3n) is 4.38. The van der Waals surface area contributed by atoms with Crippen LogP contribution in [0.4, 0.5) is 4.39 Å². The third kappa shape index (κ3) is 2.62. The Labute approximate surface area is 152 Å². The minimum atomic E-state index is -1.54. The number of esters is 1. The lowest BCUT2D eigenvalue weighted by atomic mass is 10.1. The molecular formula is C17H14ClFN4O3. The van der Waals surface area contributed by atoms with E-state index in [1.54, 1.807) is 30.3 Å². The fourth-order valence-corrected chi connectivity index (χ4v) is 3.26. The van der Waals surface area contributed by atoms with Crippen molar-refractivity contribution >= 4 is 28.7 Å². The average Bonchev–Trinajstić information content (AvgIpc) is 3.28. The molecule has 0 aliphatic carbocycles. The van der Waals surface area contributed by atoms with E-state index in [0.29, 0.717) is 23.1 Å². The molecule has 0 spiro atoms. The number of alkyl halides is 1. The molecule has 0 radical (unpaired) electrons. The first-order valence-electron chi connectivity index (χ1n) is 7.95. The number of fused-ring (bicyclic) bond motifs is 1. The summed E-state index contributed by atoms with van der Waals surface area (Å²) in [6.45, 7) is -0.692. The van der Waals surface area contributed by atoms with Crippen molar-refractivity contribution in [3.63, 3.8) is 0 Å². The highest BCUT2D eigenvalue weighted by molar-refractivity contribution is 6.33. The van der Waals surface area contributed by atoms with Gasteiger partial charge in [-0.15, -0.1) is 0 Å². The number of aromatic nitrogens is 4. The van der Waals surface area contributed by atoms with Gasteiger partial charge in [-0.25, -0.2) is 24.1 Å². The van der Waals surface area contributed by atoms with Gasteiger partial charge in [-0.1, -0.05) is 29.8 Å². The van der Waals surface area contributed by atoms with Crippen molar-refractivity contribution in [2.45, 2.75) is 18.2 Å². The molecule has 1 aromatic carbocycles. The van der Waals surface area contributed by atoms with Gasteiger partial charge >= 0.3 is 5.97 Å². The van der Waals surface area contributed by atoms with Gasteiger partial charge in [0.15, 0.2) is 16.9 Å².